The number of carbonyl (C=O) groups excluding carboxylic acids is 2. The molecular formula is C14H22O4. The molecule has 0 heterocycles. The van der Waals surface area contributed by atoms with Gasteiger partial charge >= 0.3 is 0 Å². The molecule has 0 N–H and O–H groups in total. The molecule has 3 fully saturated rings. The highest BCUT2D eigenvalue weighted by Crippen LogP contribution is 2.60. The summed E-state index contributed by atoms with van der Waals surface area (Å²) in [5.41, 5.74) is 0. The third kappa shape index (κ3) is 2.52. The summed E-state index contributed by atoms with van der Waals surface area (Å²) >= 11 is 0. The highest BCUT2D eigenvalue weighted by atomic mass is 16.5. The number of fused-ring (bicyclic) bond motifs is 5. The van der Waals surface area contributed by atoms with Crippen LogP contribution in [0.1, 0.15) is 32.1 Å². The van der Waals surface area contributed by atoms with Crippen LogP contribution < -0.4 is 0 Å². The molecule has 5 atom stereocenters. The summed E-state index contributed by atoms with van der Waals surface area (Å²) in [7, 11) is 1.31. The molecule has 102 valence electrons. The summed E-state index contributed by atoms with van der Waals surface area (Å²) < 4.78 is 8.80. The van der Waals surface area contributed by atoms with E-state index in [0.29, 0.717) is 25.5 Å². The van der Waals surface area contributed by atoms with E-state index in [1.54, 1.807) is 0 Å². The lowest BCUT2D eigenvalue weighted by Gasteiger charge is -2.30. The van der Waals surface area contributed by atoms with Crippen molar-refractivity contribution < 1.29 is 19.1 Å². The normalized spacial score (nSPS) is 39.5. The maximum absolute atomic E-state index is 10.2. The van der Waals surface area contributed by atoms with Gasteiger partial charge in [-0.2, -0.15) is 0 Å². The first-order chi connectivity index (χ1) is 8.81. The summed E-state index contributed by atoms with van der Waals surface area (Å²) in [5.74, 6) is 4.62. The molecule has 0 aromatic carbocycles. The van der Waals surface area contributed by atoms with Crippen LogP contribution in [-0.4, -0.2) is 26.7 Å². The van der Waals surface area contributed by atoms with E-state index in [1.807, 2.05) is 0 Å². The Kier molecular flexibility index (Phi) is 4.61. The standard InChI is InChI=1S/C12H18O2.C2H4O2/c13-7-14-6-9-4-8-5-12(9)11-3-1-2-10(8)11;1-4-2-3/h7-12H,1-6H2;2H,1H3/t8-,9+,10-,11-,12-;/m1./s1. The van der Waals surface area contributed by atoms with E-state index in [2.05, 4.69) is 4.74 Å². The molecule has 4 nitrogen and oxygen atoms in total. The van der Waals surface area contributed by atoms with Crippen LogP contribution in [0, 0.1) is 29.6 Å². The molecule has 0 saturated heterocycles. The minimum atomic E-state index is 0.375. The minimum absolute atomic E-state index is 0.375. The fourth-order valence-electron chi connectivity index (χ4n) is 4.56. The molecule has 0 radical (unpaired) electrons. The number of ether oxygens (including phenoxy) is 2. The fraction of sp³-hybridized carbons (Fsp3) is 0.857. The largest absolute Gasteiger partial charge is 0.471 e. The molecule has 4 heteroatoms. The van der Waals surface area contributed by atoms with Crippen LogP contribution in [0.3, 0.4) is 0 Å². The van der Waals surface area contributed by atoms with E-state index in [9.17, 15) is 4.79 Å². The van der Waals surface area contributed by atoms with Gasteiger partial charge in [0.2, 0.25) is 0 Å². The predicted molar refractivity (Wildman–Crippen MR) is 65.6 cm³/mol. The van der Waals surface area contributed by atoms with Crippen LogP contribution in [0.15, 0.2) is 0 Å². The first-order valence-corrected chi connectivity index (χ1v) is 6.83. The van der Waals surface area contributed by atoms with Gasteiger partial charge in [0.25, 0.3) is 12.9 Å². The van der Waals surface area contributed by atoms with Crippen LogP contribution in [0.5, 0.6) is 0 Å². The van der Waals surface area contributed by atoms with Gasteiger partial charge in [-0.15, -0.1) is 0 Å². The second-order valence-electron chi connectivity index (χ2n) is 5.68. The van der Waals surface area contributed by atoms with Crippen molar-refractivity contribution in [3.63, 3.8) is 0 Å². The van der Waals surface area contributed by atoms with Crippen molar-refractivity contribution in [3.05, 3.63) is 0 Å². The Labute approximate surface area is 108 Å². The van der Waals surface area contributed by atoms with Crippen LogP contribution in [0.2, 0.25) is 0 Å². The molecule has 0 aromatic rings. The summed E-state index contributed by atoms with van der Waals surface area (Å²) in [6.45, 7) is 1.67. The fourth-order valence-corrected chi connectivity index (χ4v) is 4.56. The van der Waals surface area contributed by atoms with Crippen LogP contribution in [0.4, 0.5) is 0 Å². The van der Waals surface area contributed by atoms with Crippen molar-refractivity contribution >= 4 is 12.9 Å². The molecule has 18 heavy (non-hydrogen) atoms. The molecule has 2 bridgehead atoms. The Morgan fingerprint density at radius 2 is 1.78 bits per heavy atom. The van der Waals surface area contributed by atoms with Gasteiger partial charge < -0.3 is 9.47 Å². The molecule has 3 rings (SSSR count). The van der Waals surface area contributed by atoms with Gasteiger partial charge in [0, 0.05) is 0 Å². The van der Waals surface area contributed by atoms with Crippen molar-refractivity contribution in [2.45, 2.75) is 32.1 Å². The van der Waals surface area contributed by atoms with Crippen molar-refractivity contribution in [1.29, 1.82) is 0 Å². The molecule has 3 aliphatic rings. The van der Waals surface area contributed by atoms with Gasteiger partial charge in [-0.1, -0.05) is 6.42 Å². The molecule has 0 aliphatic heterocycles. The van der Waals surface area contributed by atoms with E-state index in [4.69, 9.17) is 9.53 Å². The number of hydrogen-bond acceptors (Lipinski definition) is 4. The van der Waals surface area contributed by atoms with Gasteiger partial charge in [0.1, 0.15) is 0 Å². The number of methoxy groups -OCH3 is 1. The molecular weight excluding hydrogens is 232 g/mol. The quantitative estimate of drug-likeness (QED) is 0.720. The molecule has 0 amide bonds. The summed E-state index contributed by atoms with van der Waals surface area (Å²) in [6, 6.07) is 0. The Bertz CT molecular complexity index is 292. The van der Waals surface area contributed by atoms with Crippen molar-refractivity contribution in [2.24, 2.45) is 29.6 Å². The van der Waals surface area contributed by atoms with Crippen molar-refractivity contribution in [1.82, 2.24) is 0 Å². The number of rotatable bonds is 4. The van der Waals surface area contributed by atoms with Gasteiger partial charge in [0.05, 0.1) is 13.7 Å². The third-order valence-corrected chi connectivity index (χ3v) is 5.04. The van der Waals surface area contributed by atoms with E-state index < -0.39 is 0 Å². The van der Waals surface area contributed by atoms with Crippen LogP contribution in [0.25, 0.3) is 0 Å². The van der Waals surface area contributed by atoms with E-state index in [-0.39, 0.29) is 0 Å². The van der Waals surface area contributed by atoms with Gasteiger partial charge in [0.15, 0.2) is 0 Å². The smallest absolute Gasteiger partial charge is 0.293 e. The Hall–Kier alpha value is -1.06. The average molecular weight is 254 g/mol. The molecule has 0 unspecified atom stereocenters. The first kappa shape index (κ1) is 13.4. The lowest BCUT2D eigenvalue weighted by molar-refractivity contribution is -0.130. The average Bonchev–Trinajstić information content (AvgIpc) is 3.08. The zero-order valence-corrected chi connectivity index (χ0v) is 10.9. The predicted octanol–water partition coefficient (Wildman–Crippen LogP) is 2.02. The zero-order valence-electron chi connectivity index (χ0n) is 10.9. The minimum Gasteiger partial charge on any atom is -0.471 e. The monoisotopic (exact) mass is 254 g/mol. The molecule has 0 spiro atoms. The number of hydrogen-bond donors (Lipinski definition) is 0. The van der Waals surface area contributed by atoms with Gasteiger partial charge in [-0.25, -0.2) is 0 Å². The van der Waals surface area contributed by atoms with E-state index in [1.165, 1.54) is 39.2 Å². The number of carbonyl (C=O) groups is 2. The Morgan fingerprint density at radius 3 is 2.44 bits per heavy atom. The van der Waals surface area contributed by atoms with Gasteiger partial charge in [-0.05, 0) is 55.3 Å². The lowest BCUT2D eigenvalue weighted by Crippen LogP contribution is -2.27. The van der Waals surface area contributed by atoms with Gasteiger partial charge in [-0.3, -0.25) is 9.59 Å². The molecule has 3 saturated carbocycles. The van der Waals surface area contributed by atoms with E-state index >= 15 is 0 Å². The zero-order chi connectivity index (χ0) is 13.0. The van der Waals surface area contributed by atoms with Crippen LogP contribution in [-0.2, 0) is 19.1 Å². The van der Waals surface area contributed by atoms with E-state index in [0.717, 1.165) is 23.7 Å². The molecule has 3 aliphatic carbocycles. The Balaban J connectivity index is 0.000000267. The first-order valence-electron chi connectivity index (χ1n) is 6.83. The molecule has 0 aromatic heterocycles. The van der Waals surface area contributed by atoms with Crippen molar-refractivity contribution in [2.75, 3.05) is 13.7 Å². The second kappa shape index (κ2) is 6.21. The topological polar surface area (TPSA) is 52.6 Å². The highest BCUT2D eigenvalue weighted by molar-refractivity contribution is 5.37. The highest BCUT2D eigenvalue weighted by Gasteiger charge is 2.53. The Morgan fingerprint density at radius 1 is 1.06 bits per heavy atom. The van der Waals surface area contributed by atoms with Crippen molar-refractivity contribution in [3.8, 4) is 0 Å². The summed E-state index contributed by atoms with van der Waals surface area (Å²) in [4.78, 5) is 19.1. The third-order valence-electron chi connectivity index (χ3n) is 5.04. The lowest BCUT2D eigenvalue weighted by atomic mass is 9.76. The maximum atomic E-state index is 10.2. The van der Waals surface area contributed by atoms with Crippen LogP contribution >= 0.6 is 0 Å². The SMILES string of the molecule is COC=O.O=COC[C@@H]1C[C@@H]2C[C@H]1[C@@H]1CCC[C@H]21. The second-order valence-corrected chi connectivity index (χ2v) is 5.68. The summed E-state index contributed by atoms with van der Waals surface area (Å²) in [5, 5.41) is 0. The maximum Gasteiger partial charge on any atom is 0.293 e. The summed E-state index contributed by atoms with van der Waals surface area (Å²) in [6.07, 6.45) is 7.14.